The number of ether oxygens (including phenoxy) is 1. The summed E-state index contributed by atoms with van der Waals surface area (Å²) >= 11 is 0. The van der Waals surface area contributed by atoms with Gasteiger partial charge in [-0.3, -0.25) is 4.79 Å². The van der Waals surface area contributed by atoms with E-state index in [-0.39, 0.29) is 36.4 Å². The number of nitrogens with zero attached hydrogens (tertiary/aromatic N) is 1. The zero-order valence-electron chi connectivity index (χ0n) is 16.9. The standard InChI is InChI=1S/C23H28N2O3/c1-15(2)22-16(3)21(19-12-8-9-13-20(19)25(22)17(4)26)24-23(27)28-14-18-10-6-5-7-11-18/h5-13,15-16,21-22H,14H2,1-4H3,(H,24,27)/t16?,21?,22-/m0/s1. The van der Waals surface area contributed by atoms with Crippen molar-refractivity contribution in [2.24, 2.45) is 11.8 Å². The van der Waals surface area contributed by atoms with Crippen molar-refractivity contribution >= 4 is 17.7 Å². The number of amides is 2. The van der Waals surface area contributed by atoms with Gasteiger partial charge in [0.25, 0.3) is 0 Å². The molecule has 0 saturated heterocycles. The van der Waals surface area contributed by atoms with Crippen LogP contribution in [0.3, 0.4) is 0 Å². The number of rotatable bonds is 4. The second-order valence-corrected chi connectivity index (χ2v) is 7.73. The molecule has 2 aromatic carbocycles. The van der Waals surface area contributed by atoms with Crippen LogP contribution in [0.25, 0.3) is 0 Å². The largest absolute Gasteiger partial charge is 0.445 e. The van der Waals surface area contributed by atoms with Gasteiger partial charge < -0.3 is 15.0 Å². The molecule has 0 aromatic heterocycles. The molecule has 28 heavy (non-hydrogen) atoms. The van der Waals surface area contributed by atoms with Gasteiger partial charge in [0, 0.05) is 24.6 Å². The number of nitrogens with one attached hydrogen (secondary N) is 1. The van der Waals surface area contributed by atoms with Gasteiger partial charge in [0.05, 0.1) is 6.04 Å². The molecule has 3 atom stereocenters. The van der Waals surface area contributed by atoms with E-state index in [1.165, 1.54) is 0 Å². The van der Waals surface area contributed by atoms with Gasteiger partial charge in [0.2, 0.25) is 5.91 Å². The van der Waals surface area contributed by atoms with Crippen LogP contribution in [0.15, 0.2) is 54.6 Å². The van der Waals surface area contributed by atoms with E-state index in [0.717, 1.165) is 16.8 Å². The number of anilines is 1. The van der Waals surface area contributed by atoms with Crippen molar-refractivity contribution in [3.05, 3.63) is 65.7 Å². The lowest BCUT2D eigenvalue weighted by Gasteiger charge is -2.46. The van der Waals surface area contributed by atoms with Crippen LogP contribution in [0.1, 0.15) is 44.9 Å². The summed E-state index contributed by atoms with van der Waals surface area (Å²) in [6.07, 6.45) is -0.450. The molecule has 1 heterocycles. The normalized spacial score (nSPS) is 21.2. The number of alkyl carbamates (subject to hydrolysis) is 1. The summed E-state index contributed by atoms with van der Waals surface area (Å²) in [4.78, 5) is 26.8. The lowest BCUT2D eigenvalue weighted by molar-refractivity contribution is -0.117. The van der Waals surface area contributed by atoms with Crippen LogP contribution in [0.4, 0.5) is 10.5 Å². The molecule has 5 nitrogen and oxygen atoms in total. The number of hydrogen-bond acceptors (Lipinski definition) is 3. The second-order valence-electron chi connectivity index (χ2n) is 7.73. The molecule has 0 radical (unpaired) electrons. The molecule has 2 aromatic rings. The zero-order valence-corrected chi connectivity index (χ0v) is 16.9. The Labute approximate surface area is 166 Å². The summed E-state index contributed by atoms with van der Waals surface area (Å²) in [7, 11) is 0. The molecule has 1 aliphatic heterocycles. The van der Waals surface area contributed by atoms with Crippen LogP contribution in [-0.2, 0) is 16.1 Å². The molecule has 1 N–H and O–H groups in total. The van der Waals surface area contributed by atoms with Crippen LogP contribution in [-0.4, -0.2) is 18.0 Å². The fourth-order valence-electron chi connectivity index (χ4n) is 4.23. The molecule has 1 aliphatic rings. The van der Waals surface area contributed by atoms with Gasteiger partial charge in [-0.05, 0) is 23.1 Å². The Morgan fingerprint density at radius 2 is 1.71 bits per heavy atom. The summed E-state index contributed by atoms with van der Waals surface area (Å²) in [5.74, 6) is 0.308. The Balaban J connectivity index is 1.83. The van der Waals surface area contributed by atoms with Gasteiger partial charge >= 0.3 is 6.09 Å². The maximum Gasteiger partial charge on any atom is 0.407 e. The number of carbonyl (C=O) groups excluding carboxylic acids is 2. The Bertz CT molecular complexity index is 835. The van der Waals surface area contributed by atoms with Gasteiger partial charge in [-0.1, -0.05) is 69.3 Å². The highest BCUT2D eigenvalue weighted by atomic mass is 16.5. The Morgan fingerprint density at radius 3 is 2.36 bits per heavy atom. The van der Waals surface area contributed by atoms with Crippen LogP contribution >= 0.6 is 0 Å². The molecular weight excluding hydrogens is 352 g/mol. The molecule has 2 unspecified atom stereocenters. The number of fused-ring (bicyclic) bond motifs is 1. The topological polar surface area (TPSA) is 58.6 Å². The van der Waals surface area contributed by atoms with E-state index in [2.05, 4.69) is 26.1 Å². The summed E-state index contributed by atoms with van der Waals surface area (Å²) in [6.45, 7) is 8.12. The first-order valence-corrected chi connectivity index (χ1v) is 9.76. The highest BCUT2D eigenvalue weighted by molar-refractivity contribution is 5.94. The molecule has 148 valence electrons. The van der Waals surface area contributed by atoms with Crippen molar-refractivity contribution in [3.8, 4) is 0 Å². The van der Waals surface area contributed by atoms with Crippen molar-refractivity contribution < 1.29 is 14.3 Å². The van der Waals surface area contributed by atoms with Gasteiger partial charge in [-0.15, -0.1) is 0 Å². The highest BCUT2D eigenvalue weighted by Gasteiger charge is 2.42. The van der Waals surface area contributed by atoms with Gasteiger partial charge in [-0.2, -0.15) is 0 Å². The van der Waals surface area contributed by atoms with E-state index in [1.54, 1.807) is 6.92 Å². The third kappa shape index (κ3) is 4.03. The lowest BCUT2D eigenvalue weighted by atomic mass is 9.77. The van der Waals surface area contributed by atoms with Crippen LogP contribution in [0.5, 0.6) is 0 Å². The van der Waals surface area contributed by atoms with E-state index in [0.29, 0.717) is 0 Å². The predicted octanol–water partition coefficient (Wildman–Crippen LogP) is 4.68. The Morgan fingerprint density at radius 1 is 1.07 bits per heavy atom. The first kappa shape index (κ1) is 19.9. The van der Waals surface area contributed by atoms with Gasteiger partial charge in [-0.25, -0.2) is 4.79 Å². The maximum absolute atomic E-state index is 12.5. The third-order valence-electron chi connectivity index (χ3n) is 5.40. The number of para-hydroxylation sites is 1. The molecule has 2 amide bonds. The van der Waals surface area contributed by atoms with E-state index in [9.17, 15) is 9.59 Å². The number of benzene rings is 2. The molecule has 0 saturated carbocycles. The molecular formula is C23H28N2O3. The molecule has 0 bridgehead atoms. The average Bonchev–Trinajstić information content (AvgIpc) is 2.68. The summed E-state index contributed by atoms with van der Waals surface area (Å²) in [6, 6.07) is 17.2. The smallest absolute Gasteiger partial charge is 0.407 e. The lowest BCUT2D eigenvalue weighted by Crippen LogP contribution is -2.54. The van der Waals surface area contributed by atoms with E-state index < -0.39 is 6.09 Å². The minimum absolute atomic E-state index is 0.00757. The fourth-order valence-corrected chi connectivity index (χ4v) is 4.23. The maximum atomic E-state index is 12.5. The number of carbonyl (C=O) groups is 2. The van der Waals surface area contributed by atoms with Crippen molar-refractivity contribution in [3.63, 3.8) is 0 Å². The fraction of sp³-hybridized carbons (Fsp3) is 0.391. The Hall–Kier alpha value is -2.82. The van der Waals surface area contributed by atoms with Crippen LogP contribution in [0, 0.1) is 11.8 Å². The molecule has 3 rings (SSSR count). The quantitative estimate of drug-likeness (QED) is 0.838. The van der Waals surface area contributed by atoms with Crippen LogP contribution in [0.2, 0.25) is 0 Å². The summed E-state index contributed by atoms with van der Waals surface area (Å²) in [5, 5.41) is 3.04. The van der Waals surface area contributed by atoms with E-state index in [1.807, 2.05) is 59.5 Å². The highest BCUT2D eigenvalue weighted by Crippen LogP contribution is 2.43. The summed E-state index contributed by atoms with van der Waals surface area (Å²) < 4.78 is 5.43. The van der Waals surface area contributed by atoms with Gasteiger partial charge in [0.1, 0.15) is 6.61 Å². The van der Waals surface area contributed by atoms with E-state index >= 15 is 0 Å². The minimum Gasteiger partial charge on any atom is -0.445 e. The monoisotopic (exact) mass is 380 g/mol. The van der Waals surface area contributed by atoms with Crippen molar-refractivity contribution in [2.75, 3.05) is 4.90 Å². The first-order valence-electron chi connectivity index (χ1n) is 9.76. The predicted molar refractivity (Wildman–Crippen MR) is 110 cm³/mol. The molecule has 0 fully saturated rings. The average molecular weight is 380 g/mol. The molecule has 0 spiro atoms. The van der Waals surface area contributed by atoms with Gasteiger partial charge in [0.15, 0.2) is 0 Å². The van der Waals surface area contributed by atoms with Crippen molar-refractivity contribution in [1.29, 1.82) is 0 Å². The molecule has 0 aliphatic carbocycles. The second kappa shape index (κ2) is 8.46. The zero-order chi connectivity index (χ0) is 20.3. The first-order chi connectivity index (χ1) is 13.4. The minimum atomic E-state index is -0.450. The van der Waals surface area contributed by atoms with E-state index in [4.69, 9.17) is 4.74 Å². The summed E-state index contributed by atoms with van der Waals surface area (Å²) in [5.41, 5.74) is 2.75. The third-order valence-corrected chi connectivity index (χ3v) is 5.40. The number of hydrogen-bond donors (Lipinski definition) is 1. The van der Waals surface area contributed by atoms with Crippen molar-refractivity contribution in [2.45, 2.75) is 46.4 Å². The van der Waals surface area contributed by atoms with Crippen molar-refractivity contribution in [1.82, 2.24) is 5.32 Å². The SMILES string of the molecule is CC(=O)N1c2ccccc2C(NC(=O)OCc2ccccc2)C(C)[C@@H]1C(C)C. The Kier molecular flexibility index (Phi) is 6.02. The van der Waals surface area contributed by atoms with Crippen LogP contribution < -0.4 is 10.2 Å². The molecule has 5 heteroatoms.